The Morgan fingerprint density at radius 3 is 2.62 bits per heavy atom. The van der Waals surface area contributed by atoms with E-state index < -0.39 is 0 Å². The van der Waals surface area contributed by atoms with Crippen LogP contribution in [0.4, 0.5) is 0 Å². The van der Waals surface area contributed by atoms with Gasteiger partial charge in [0, 0.05) is 17.1 Å². The number of nitrogens with zero attached hydrogens (tertiary/aromatic N) is 3. The van der Waals surface area contributed by atoms with Gasteiger partial charge in [0.15, 0.2) is 22.5 Å². The molecule has 9 heteroatoms. The van der Waals surface area contributed by atoms with E-state index in [1.54, 1.807) is 6.08 Å². The van der Waals surface area contributed by atoms with Crippen LogP contribution in [-0.2, 0) is 11.3 Å². The van der Waals surface area contributed by atoms with Crippen molar-refractivity contribution < 1.29 is 14.3 Å². The van der Waals surface area contributed by atoms with E-state index in [9.17, 15) is 4.79 Å². The standard InChI is InChI=1S/C25H27ClN4O3S/c1-4-11-30-24(17-5-8-19(26)9-6-17)28-29-25(30)34-15-22(31)27-23(16(2)3)18-7-10-20-21(14-18)33-13-12-32-20/h4-10,14,16,23H,1,11-13,15H2,2-3H3,(H,27,31)/t23-/m0/s1. The molecule has 34 heavy (non-hydrogen) atoms. The fraction of sp³-hybridized carbons (Fsp3) is 0.320. The van der Waals surface area contributed by atoms with Gasteiger partial charge in [0.05, 0.1) is 11.8 Å². The molecule has 0 spiro atoms. The first kappa shape index (κ1) is 24.2. The zero-order valence-electron chi connectivity index (χ0n) is 19.2. The van der Waals surface area contributed by atoms with Gasteiger partial charge in [0.1, 0.15) is 13.2 Å². The van der Waals surface area contributed by atoms with Gasteiger partial charge in [0.25, 0.3) is 0 Å². The van der Waals surface area contributed by atoms with Crippen LogP contribution in [0.3, 0.4) is 0 Å². The van der Waals surface area contributed by atoms with Crippen molar-refractivity contribution in [2.45, 2.75) is 31.6 Å². The predicted octanol–water partition coefficient (Wildman–Crippen LogP) is 5.16. The lowest BCUT2D eigenvalue weighted by Gasteiger charge is -2.25. The Kier molecular flexibility index (Phi) is 7.80. The molecular formula is C25H27ClN4O3S. The number of allylic oxidation sites excluding steroid dienone is 1. The highest BCUT2D eigenvalue weighted by Crippen LogP contribution is 2.34. The molecule has 1 atom stereocenters. The SMILES string of the molecule is C=CCn1c(SCC(=O)N[C@H](c2ccc3c(c2)OCCO3)C(C)C)nnc1-c1ccc(Cl)cc1. The molecule has 1 aliphatic rings. The summed E-state index contributed by atoms with van der Waals surface area (Å²) in [6, 6.07) is 13.1. The van der Waals surface area contributed by atoms with E-state index in [4.69, 9.17) is 21.1 Å². The van der Waals surface area contributed by atoms with Crippen LogP contribution < -0.4 is 14.8 Å². The summed E-state index contributed by atoms with van der Waals surface area (Å²) in [7, 11) is 0. The summed E-state index contributed by atoms with van der Waals surface area (Å²) in [5, 5.41) is 13.1. The van der Waals surface area contributed by atoms with Crippen molar-refractivity contribution in [2.75, 3.05) is 19.0 Å². The number of thioether (sulfide) groups is 1. The average molecular weight is 499 g/mol. The number of fused-ring (bicyclic) bond motifs is 1. The van der Waals surface area contributed by atoms with Crippen LogP contribution in [0, 0.1) is 5.92 Å². The van der Waals surface area contributed by atoms with Crippen LogP contribution in [0.25, 0.3) is 11.4 Å². The lowest BCUT2D eigenvalue weighted by atomic mass is 9.95. The predicted molar refractivity (Wildman–Crippen MR) is 135 cm³/mol. The maximum absolute atomic E-state index is 12.9. The quantitative estimate of drug-likeness (QED) is 0.324. The van der Waals surface area contributed by atoms with E-state index in [1.807, 2.05) is 47.0 Å². The first-order chi connectivity index (χ1) is 16.5. The number of ether oxygens (including phenoxy) is 2. The molecule has 1 aliphatic heterocycles. The average Bonchev–Trinajstić information content (AvgIpc) is 3.24. The molecule has 1 aromatic heterocycles. The first-order valence-electron chi connectivity index (χ1n) is 11.1. The molecule has 0 saturated carbocycles. The number of carbonyl (C=O) groups excluding carboxylic acids is 1. The minimum absolute atomic E-state index is 0.0835. The van der Waals surface area contributed by atoms with Crippen molar-refractivity contribution in [3.8, 4) is 22.9 Å². The third kappa shape index (κ3) is 5.56. The van der Waals surface area contributed by atoms with Crippen molar-refractivity contribution in [3.05, 3.63) is 65.7 Å². The molecule has 3 aromatic rings. The highest BCUT2D eigenvalue weighted by Gasteiger charge is 2.22. The van der Waals surface area contributed by atoms with Crippen LogP contribution in [0.5, 0.6) is 11.5 Å². The van der Waals surface area contributed by atoms with Gasteiger partial charge >= 0.3 is 0 Å². The molecule has 0 bridgehead atoms. The summed E-state index contributed by atoms with van der Waals surface area (Å²) >= 11 is 7.36. The minimum atomic E-state index is -0.153. The summed E-state index contributed by atoms with van der Waals surface area (Å²) in [6.45, 7) is 9.59. The Hall–Kier alpha value is -2.97. The number of hydrogen-bond donors (Lipinski definition) is 1. The summed E-state index contributed by atoms with van der Waals surface area (Å²) in [5.74, 6) is 2.47. The number of aromatic nitrogens is 3. The van der Waals surface area contributed by atoms with Gasteiger partial charge in [-0.2, -0.15) is 0 Å². The lowest BCUT2D eigenvalue weighted by molar-refractivity contribution is -0.119. The summed E-state index contributed by atoms with van der Waals surface area (Å²) in [4.78, 5) is 12.9. The summed E-state index contributed by atoms with van der Waals surface area (Å²) in [5.41, 5.74) is 1.88. The number of nitrogens with one attached hydrogen (secondary N) is 1. The molecule has 178 valence electrons. The van der Waals surface area contributed by atoms with Gasteiger partial charge in [-0.3, -0.25) is 9.36 Å². The molecule has 0 fully saturated rings. The Bertz CT molecular complexity index is 1160. The fourth-order valence-corrected chi connectivity index (χ4v) is 4.62. The zero-order chi connectivity index (χ0) is 24.1. The number of carbonyl (C=O) groups is 1. The number of halogens is 1. The van der Waals surface area contributed by atoms with Crippen LogP contribution in [-0.4, -0.2) is 39.6 Å². The van der Waals surface area contributed by atoms with Gasteiger partial charge < -0.3 is 14.8 Å². The van der Waals surface area contributed by atoms with Gasteiger partial charge in [0.2, 0.25) is 5.91 Å². The smallest absolute Gasteiger partial charge is 0.230 e. The molecule has 2 aromatic carbocycles. The minimum Gasteiger partial charge on any atom is -0.486 e. The second-order valence-electron chi connectivity index (χ2n) is 8.19. The third-order valence-corrected chi connectivity index (χ3v) is 6.59. The number of rotatable bonds is 9. The van der Waals surface area contributed by atoms with E-state index in [2.05, 4.69) is 35.9 Å². The molecule has 1 N–H and O–H groups in total. The molecule has 1 amide bonds. The third-order valence-electron chi connectivity index (χ3n) is 5.37. The van der Waals surface area contributed by atoms with Crippen molar-refractivity contribution in [2.24, 2.45) is 5.92 Å². The van der Waals surface area contributed by atoms with Crippen LogP contribution in [0.15, 0.2) is 60.3 Å². The molecule has 2 heterocycles. The first-order valence-corrected chi connectivity index (χ1v) is 12.4. The number of amides is 1. The molecule has 0 unspecified atom stereocenters. The molecule has 0 saturated heterocycles. The normalized spacial score (nSPS) is 13.5. The zero-order valence-corrected chi connectivity index (χ0v) is 20.7. The Morgan fingerprint density at radius 2 is 1.91 bits per heavy atom. The Balaban J connectivity index is 1.45. The van der Waals surface area contributed by atoms with Crippen molar-refractivity contribution in [3.63, 3.8) is 0 Å². The lowest BCUT2D eigenvalue weighted by Crippen LogP contribution is -2.33. The molecule has 7 nitrogen and oxygen atoms in total. The van der Waals surface area contributed by atoms with Crippen molar-refractivity contribution >= 4 is 29.3 Å². The maximum Gasteiger partial charge on any atom is 0.230 e. The van der Waals surface area contributed by atoms with Crippen LogP contribution in [0.1, 0.15) is 25.5 Å². The second kappa shape index (κ2) is 11.0. The van der Waals surface area contributed by atoms with Crippen LogP contribution in [0.2, 0.25) is 5.02 Å². The highest BCUT2D eigenvalue weighted by molar-refractivity contribution is 7.99. The van der Waals surface area contributed by atoms with E-state index >= 15 is 0 Å². The number of benzene rings is 2. The molecular weight excluding hydrogens is 472 g/mol. The van der Waals surface area contributed by atoms with Gasteiger partial charge in [-0.1, -0.05) is 49.4 Å². The fourth-order valence-electron chi connectivity index (χ4n) is 3.74. The van der Waals surface area contributed by atoms with E-state index in [1.165, 1.54) is 11.8 Å². The second-order valence-corrected chi connectivity index (χ2v) is 9.57. The van der Waals surface area contributed by atoms with E-state index in [0.717, 1.165) is 16.9 Å². The van der Waals surface area contributed by atoms with Gasteiger partial charge in [-0.15, -0.1) is 16.8 Å². The monoisotopic (exact) mass is 498 g/mol. The largest absolute Gasteiger partial charge is 0.486 e. The molecule has 0 radical (unpaired) electrons. The van der Waals surface area contributed by atoms with E-state index in [0.29, 0.717) is 41.5 Å². The van der Waals surface area contributed by atoms with Crippen molar-refractivity contribution in [1.82, 2.24) is 20.1 Å². The topological polar surface area (TPSA) is 78.3 Å². The molecule has 0 aliphatic carbocycles. The summed E-state index contributed by atoms with van der Waals surface area (Å²) < 4.78 is 13.3. The Labute approximate surface area is 208 Å². The summed E-state index contributed by atoms with van der Waals surface area (Å²) in [6.07, 6.45) is 1.78. The van der Waals surface area contributed by atoms with E-state index in [-0.39, 0.29) is 23.6 Å². The number of hydrogen-bond acceptors (Lipinski definition) is 6. The maximum atomic E-state index is 12.9. The van der Waals surface area contributed by atoms with Gasteiger partial charge in [-0.05, 0) is 47.9 Å². The van der Waals surface area contributed by atoms with Crippen LogP contribution >= 0.6 is 23.4 Å². The molecule has 4 rings (SSSR count). The highest BCUT2D eigenvalue weighted by atomic mass is 35.5. The van der Waals surface area contributed by atoms with Gasteiger partial charge in [-0.25, -0.2) is 0 Å². The Morgan fingerprint density at radius 1 is 1.18 bits per heavy atom. The van der Waals surface area contributed by atoms with Crippen molar-refractivity contribution in [1.29, 1.82) is 0 Å².